The van der Waals surface area contributed by atoms with Crippen LogP contribution in [-0.2, 0) is 0 Å². The summed E-state index contributed by atoms with van der Waals surface area (Å²) in [5.74, 6) is 0.890. The van der Waals surface area contributed by atoms with Gasteiger partial charge in [0.1, 0.15) is 11.7 Å². The zero-order valence-electron chi connectivity index (χ0n) is 11.9. The summed E-state index contributed by atoms with van der Waals surface area (Å²) in [5.41, 5.74) is 7.61. The first-order chi connectivity index (χ1) is 10.3. The highest BCUT2D eigenvalue weighted by molar-refractivity contribution is 5.99. The van der Waals surface area contributed by atoms with Gasteiger partial charge in [0.15, 0.2) is 0 Å². The number of nitrogens with two attached hydrogens (primary N) is 1. The fourth-order valence-corrected chi connectivity index (χ4v) is 2.67. The second-order valence-electron chi connectivity index (χ2n) is 5.10. The Hall–Kier alpha value is -2.56. The zero-order valence-corrected chi connectivity index (χ0v) is 11.9. The number of benzene rings is 1. The van der Waals surface area contributed by atoms with Crippen LogP contribution in [0, 0.1) is 5.41 Å². The summed E-state index contributed by atoms with van der Waals surface area (Å²) < 4.78 is 0. The lowest BCUT2D eigenvalue weighted by molar-refractivity contribution is 0.647. The van der Waals surface area contributed by atoms with Crippen LogP contribution in [-0.4, -0.2) is 37.0 Å². The van der Waals surface area contributed by atoms with E-state index in [4.69, 9.17) is 11.1 Å². The summed E-state index contributed by atoms with van der Waals surface area (Å²) >= 11 is 0. The number of piperazine rings is 1. The number of aromatic nitrogens is 1. The van der Waals surface area contributed by atoms with Gasteiger partial charge in [0, 0.05) is 38.1 Å². The summed E-state index contributed by atoms with van der Waals surface area (Å²) in [4.78, 5) is 8.98. The third-order valence-corrected chi connectivity index (χ3v) is 3.78. The molecule has 0 saturated carbocycles. The number of nitrogen functional groups attached to an aromatic ring is 1. The Bertz CT molecular complexity index is 618. The van der Waals surface area contributed by atoms with E-state index in [1.165, 1.54) is 5.69 Å². The smallest absolute Gasteiger partial charge is 0.139 e. The van der Waals surface area contributed by atoms with E-state index in [1.54, 1.807) is 6.20 Å². The quantitative estimate of drug-likeness (QED) is 0.663. The molecule has 0 radical (unpaired) electrons. The molecule has 108 valence electrons. The molecule has 2 heterocycles. The maximum absolute atomic E-state index is 7.67. The highest BCUT2D eigenvalue weighted by Crippen LogP contribution is 2.21. The molecule has 2 aromatic rings. The predicted molar refractivity (Wildman–Crippen MR) is 86.1 cm³/mol. The van der Waals surface area contributed by atoms with Gasteiger partial charge in [-0.1, -0.05) is 18.2 Å². The number of hydrogen-bond donors (Lipinski definition) is 2. The monoisotopic (exact) mass is 281 g/mol. The van der Waals surface area contributed by atoms with Crippen LogP contribution in [0.3, 0.4) is 0 Å². The highest BCUT2D eigenvalue weighted by atomic mass is 15.3. The molecule has 1 fully saturated rings. The summed E-state index contributed by atoms with van der Waals surface area (Å²) in [6, 6.07) is 14.1. The van der Waals surface area contributed by atoms with Crippen LogP contribution in [0.4, 0.5) is 11.5 Å². The molecule has 1 aliphatic heterocycles. The first kappa shape index (κ1) is 13.4. The Morgan fingerprint density at radius 2 is 1.62 bits per heavy atom. The number of para-hydroxylation sites is 1. The van der Waals surface area contributed by atoms with Crippen LogP contribution in [0.15, 0.2) is 48.7 Å². The molecule has 1 aliphatic rings. The third kappa shape index (κ3) is 2.81. The van der Waals surface area contributed by atoms with Crippen LogP contribution < -0.4 is 15.5 Å². The molecule has 0 atom stereocenters. The Balaban J connectivity index is 1.73. The van der Waals surface area contributed by atoms with E-state index in [2.05, 4.69) is 39.0 Å². The van der Waals surface area contributed by atoms with Crippen molar-refractivity contribution in [1.29, 1.82) is 5.41 Å². The molecule has 0 amide bonds. The molecule has 3 N–H and O–H groups in total. The molecule has 5 heteroatoms. The van der Waals surface area contributed by atoms with Crippen molar-refractivity contribution in [2.45, 2.75) is 0 Å². The number of hydrogen-bond acceptors (Lipinski definition) is 4. The summed E-state index contributed by atoms with van der Waals surface area (Å²) in [7, 11) is 0. The van der Waals surface area contributed by atoms with Gasteiger partial charge >= 0.3 is 0 Å². The van der Waals surface area contributed by atoms with E-state index < -0.39 is 0 Å². The second-order valence-corrected chi connectivity index (χ2v) is 5.10. The van der Waals surface area contributed by atoms with Crippen molar-refractivity contribution in [3.63, 3.8) is 0 Å². The molecule has 1 aromatic heterocycles. The maximum Gasteiger partial charge on any atom is 0.139 e. The average Bonchev–Trinajstić information content (AvgIpc) is 2.56. The minimum absolute atomic E-state index is 0.0728. The lowest BCUT2D eigenvalue weighted by atomic mass is 10.2. The topological polar surface area (TPSA) is 69.2 Å². The average molecular weight is 281 g/mol. The Morgan fingerprint density at radius 3 is 2.29 bits per heavy atom. The van der Waals surface area contributed by atoms with Gasteiger partial charge in [0.25, 0.3) is 0 Å². The Morgan fingerprint density at radius 1 is 0.952 bits per heavy atom. The SMILES string of the molecule is N=C(N)c1cccnc1N1CCN(c2ccccc2)CC1. The van der Waals surface area contributed by atoms with Crippen molar-refractivity contribution in [1.82, 2.24) is 4.98 Å². The van der Waals surface area contributed by atoms with Crippen LogP contribution in [0.25, 0.3) is 0 Å². The van der Waals surface area contributed by atoms with Crippen LogP contribution in [0.5, 0.6) is 0 Å². The lowest BCUT2D eigenvalue weighted by Crippen LogP contribution is -2.47. The molecule has 3 rings (SSSR count). The summed E-state index contributed by atoms with van der Waals surface area (Å²) in [5, 5.41) is 7.67. The number of anilines is 2. The fourth-order valence-electron chi connectivity index (χ4n) is 2.67. The fraction of sp³-hybridized carbons (Fsp3) is 0.250. The van der Waals surface area contributed by atoms with E-state index in [9.17, 15) is 0 Å². The number of rotatable bonds is 3. The number of nitrogens with zero attached hydrogens (tertiary/aromatic N) is 3. The molecule has 0 bridgehead atoms. The molecule has 1 aromatic carbocycles. The van der Waals surface area contributed by atoms with Crippen LogP contribution >= 0.6 is 0 Å². The van der Waals surface area contributed by atoms with Gasteiger partial charge in [-0.05, 0) is 24.3 Å². The first-order valence-electron chi connectivity index (χ1n) is 7.10. The zero-order chi connectivity index (χ0) is 14.7. The van der Waals surface area contributed by atoms with Gasteiger partial charge in [0.2, 0.25) is 0 Å². The van der Waals surface area contributed by atoms with Gasteiger partial charge < -0.3 is 15.5 Å². The number of nitrogens with one attached hydrogen (secondary N) is 1. The van der Waals surface area contributed by atoms with Gasteiger partial charge in [-0.3, -0.25) is 5.41 Å². The second kappa shape index (κ2) is 5.83. The highest BCUT2D eigenvalue weighted by Gasteiger charge is 2.20. The first-order valence-corrected chi connectivity index (χ1v) is 7.10. The summed E-state index contributed by atoms with van der Waals surface area (Å²) in [6.45, 7) is 3.65. The van der Waals surface area contributed by atoms with Crippen molar-refractivity contribution in [2.24, 2.45) is 5.73 Å². The van der Waals surface area contributed by atoms with Gasteiger partial charge in [-0.25, -0.2) is 4.98 Å². The van der Waals surface area contributed by atoms with E-state index in [-0.39, 0.29) is 5.84 Å². The number of amidine groups is 1. The van der Waals surface area contributed by atoms with Gasteiger partial charge in [-0.15, -0.1) is 0 Å². The molecule has 5 nitrogen and oxygen atoms in total. The van der Waals surface area contributed by atoms with Gasteiger partial charge in [0.05, 0.1) is 5.56 Å². The molecular weight excluding hydrogens is 262 g/mol. The van der Waals surface area contributed by atoms with E-state index >= 15 is 0 Å². The standard InChI is InChI=1S/C16H19N5/c17-15(18)14-7-4-8-19-16(14)21-11-9-20(10-12-21)13-5-2-1-3-6-13/h1-8H,9-12H2,(H3,17,18). The molecule has 0 spiro atoms. The largest absolute Gasteiger partial charge is 0.384 e. The van der Waals surface area contributed by atoms with Crippen molar-refractivity contribution in [3.8, 4) is 0 Å². The minimum Gasteiger partial charge on any atom is -0.384 e. The molecule has 0 unspecified atom stereocenters. The summed E-state index contributed by atoms with van der Waals surface area (Å²) in [6.07, 6.45) is 1.76. The molecule has 1 saturated heterocycles. The third-order valence-electron chi connectivity index (χ3n) is 3.78. The maximum atomic E-state index is 7.67. The number of pyridine rings is 1. The van der Waals surface area contributed by atoms with Crippen LogP contribution in [0.1, 0.15) is 5.56 Å². The van der Waals surface area contributed by atoms with Crippen molar-refractivity contribution < 1.29 is 0 Å². The van der Waals surface area contributed by atoms with Crippen molar-refractivity contribution in [3.05, 3.63) is 54.2 Å². The Labute approximate surface area is 124 Å². The molecule has 21 heavy (non-hydrogen) atoms. The van der Waals surface area contributed by atoms with Crippen LogP contribution in [0.2, 0.25) is 0 Å². The van der Waals surface area contributed by atoms with Gasteiger partial charge in [-0.2, -0.15) is 0 Å². The lowest BCUT2D eigenvalue weighted by Gasteiger charge is -2.37. The predicted octanol–water partition coefficient (Wildman–Crippen LogP) is 1.69. The molecule has 0 aliphatic carbocycles. The van der Waals surface area contributed by atoms with E-state index in [0.29, 0.717) is 5.56 Å². The van der Waals surface area contributed by atoms with E-state index in [1.807, 2.05) is 18.2 Å². The normalized spacial score (nSPS) is 15.0. The minimum atomic E-state index is 0.0728. The molecular formula is C16H19N5. The Kier molecular flexibility index (Phi) is 3.73. The van der Waals surface area contributed by atoms with E-state index in [0.717, 1.165) is 32.0 Å². The van der Waals surface area contributed by atoms with Crippen molar-refractivity contribution >= 4 is 17.3 Å². The van der Waals surface area contributed by atoms with Crippen molar-refractivity contribution in [2.75, 3.05) is 36.0 Å².